The molecule has 4 unspecified atom stereocenters. The van der Waals surface area contributed by atoms with Crippen LogP contribution in [0, 0.1) is 0 Å². The average molecular weight is 705 g/mol. The van der Waals surface area contributed by atoms with Gasteiger partial charge in [-0.05, 0) is 70.8 Å². The van der Waals surface area contributed by atoms with E-state index in [0.29, 0.717) is 13.1 Å². The van der Waals surface area contributed by atoms with Crippen molar-refractivity contribution < 1.29 is 18.9 Å². The Balaban J connectivity index is 1.52. The molecule has 0 bridgehead atoms. The van der Waals surface area contributed by atoms with Crippen LogP contribution in [0.25, 0.3) is 0 Å². The van der Waals surface area contributed by atoms with Gasteiger partial charge in [0.1, 0.15) is 33.0 Å². The second-order valence-electron chi connectivity index (χ2n) is 12.1. The topological polar surface area (TPSA) is 69.2 Å². The molecule has 0 saturated carbocycles. The zero-order valence-electron chi connectivity index (χ0n) is 28.5. The summed E-state index contributed by atoms with van der Waals surface area (Å²) >= 11 is 3.37. The molecule has 3 heterocycles. The number of methoxy groups -OCH3 is 4. The summed E-state index contributed by atoms with van der Waals surface area (Å²) in [6.07, 6.45) is 3.79. The molecule has 10 heteroatoms. The number of thiazole rings is 2. The molecule has 7 rings (SSSR count). The van der Waals surface area contributed by atoms with Crippen molar-refractivity contribution in [1.82, 2.24) is 19.8 Å². The minimum Gasteiger partial charge on any atom is -0.497 e. The summed E-state index contributed by atoms with van der Waals surface area (Å²) < 4.78 is 22.5. The molecule has 0 amide bonds. The Bertz CT molecular complexity index is 1670. The molecule has 1 aliphatic rings. The van der Waals surface area contributed by atoms with Gasteiger partial charge in [-0.25, -0.2) is 9.97 Å². The second-order valence-corrected chi connectivity index (χ2v) is 14.0. The number of aromatic nitrogens is 2. The Morgan fingerprint density at radius 3 is 0.900 bits per heavy atom. The third-order valence-electron chi connectivity index (χ3n) is 9.46. The fraction of sp³-hybridized carbons (Fsp3) is 0.250. The van der Waals surface area contributed by atoms with Gasteiger partial charge >= 0.3 is 0 Å². The van der Waals surface area contributed by atoms with Crippen LogP contribution in [-0.2, 0) is 13.1 Å². The molecule has 1 aliphatic heterocycles. The summed E-state index contributed by atoms with van der Waals surface area (Å²) in [6.45, 7) is 1.30. The average Bonchev–Trinajstić information content (AvgIpc) is 3.90. The molecule has 8 nitrogen and oxygen atoms in total. The SMILES string of the molecule is COc1ccc(C2C(c3ccc(OC)cc3)N(Cc3nccs3)C(c3ccc(OC)cc3)C(c3ccc(OC)cc3)N2Cc2nccs2)cc1. The Hall–Kier alpha value is -4.74. The van der Waals surface area contributed by atoms with Gasteiger partial charge in [-0.1, -0.05) is 48.5 Å². The second kappa shape index (κ2) is 15.4. The highest BCUT2D eigenvalue weighted by molar-refractivity contribution is 7.09. The normalized spacial score (nSPS) is 19.6. The number of rotatable bonds is 12. The number of piperazine rings is 1. The zero-order chi connectivity index (χ0) is 34.5. The summed E-state index contributed by atoms with van der Waals surface area (Å²) in [5, 5.41) is 6.22. The largest absolute Gasteiger partial charge is 0.497 e. The lowest BCUT2D eigenvalue weighted by atomic mass is 9.79. The number of hydrogen-bond acceptors (Lipinski definition) is 10. The third-order valence-corrected chi connectivity index (χ3v) is 11.0. The molecule has 0 spiro atoms. The highest BCUT2D eigenvalue weighted by atomic mass is 32.1. The summed E-state index contributed by atoms with van der Waals surface area (Å²) in [7, 11) is 6.83. The van der Waals surface area contributed by atoms with E-state index in [9.17, 15) is 0 Å². The molecule has 4 aromatic carbocycles. The molecule has 256 valence electrons. The predicted molar refractivity (Wildman–Crippen MR) is 198 cm³/mol. The Morgan fingerprint density at radius 1 is 0.440 bits per heavy atom. The van der Waals surface area contributed by atoms with Crippen molar-refractivity contribution in [2.75, 3.05) is 28.4 Å². The van der Waals surface area contributed by atoms with Crippen molar-refractivity contribution in [3.63, 3.8) is 0 Å². The molecule has 50 heavy (non-hydrogen) atoms. The van der Waals surface area contributed by atoms with Crippen LogP contribution in [0.5, 0.6) is 23.0 Å². The van der Waals surface area contributed by atoms with Crippen LogP contribution in [0.4, 0.5) is 0 Å². The number of nitrogens with zero attached hydrogens (tertiary/aromatic N) is 4. The number of benzene rings is 4. The van der Waals surface area contributed by atoms with Gasteiger partial charge in [-0.2, -0.15) is 0 Å². The van der Waals surface area contributed by atoms with Crippen LogP contribution >= 0.6 is 22.7 Å². The fourth-order valence-corrected chi connectivity index (χ4v) is 8.39. The van der Waals surface area contributed by atoms with Gasteiger partial charge in [-0.3, -0.25) is 9.80 Å². The molecule has 2 aromatic heterocycles. The van der Waals surface area contributed by atoms with E-state index in [-0.39, 0.29) is 24.2 Å². The fourth-order valence-electron chi connectivity index (χ4n) is 7.14. The van der Waals surface area contributed by atoms with Crippen molar-refractivity contribution in [2.24, 2.45) is 0 Å². The highest BCUT2D eigenvalue weighted by Gasteiger charge is 2.50. The molecule has 0 radical (unpaired) electrons. The lowest BCUT2D eigenvalue weighted by Gasteiger charge is -2.56. The smallest absolute Gasteiger partial charge is 0.118 e. The first-order chi connectivity index (χ1) is 24.6. The molecule has 4 atom stereocenters. The number of ether oxygens (including phenoxy) is 4. The van der Waals surface area contributed by atoms with E-state index in [1.807, 2.05) is 12.4 Å². The third kappa shape index (κ3) is 6.97. The van der Waals surface area contributed by atoms with Gasteiger partial charge in [0.25, 0.3) is 0 Å². The van der Waals surface area contributed by atoms with E-state index in [4.69, 9.17) is 28.9 Å². The van der Waals surface area contributed by atoms with E-state index in [1.54, 1.807) is 51.1 Å². The van der Waals surface area contributed by atoms with Crippen molar-refractivity contribution in [3.8, 4) is 23.0 Å². The van der Waals surface area contributed by atoms with E-state index < -0.39 is 0 Å². The van der Waals surface area contributed by atoms with Crippen LogP contribution in [0.15, 0.2) is 120 Å². The van der Waals surface area contributed by atoms with Gasteiger partial charge in [0, 0.05) is 23.2 Å². The van der Waals surface area contributed by atoms with Gasteiger partial charge in [0.2, 0.25) is 0 Å². The Labute approximate surface area is 301 Å². The molecular formula is C40H40N4O4S2. The van der Waals surface area contributed by atoms with Crippen molar-refractivity contribution >= 4 is 22.7 Å². The zero-order valence-corrected chi connectivity index (χ0v) is 30.1. The van der Waals surface area contributed by atoms with Crippen LogP contribution in [0.3, 0.4) is 0 Å². The van der Waals surface area contributed by atoms with E-state index in [1.165, 1.54) is 22.3 Å². The van der Waals surface area contributed by atoms with Crippen molar-refractivity contribution in [2.45, 2.75) is 37.3 Å². The highest BCUT2D eigenvalue weighted by Crippen LogP contribution is 2.57. The van der Waals surface area contributed by atoms with E-state index >= 15 is 0 Å². The molecule has 1 fully saturated rings. The minimum absolute atomic E-state index is 0.0974. The van der Waals surface area contributed by atoms with E-state index in [0.717, 1.165) is 33.0 Å². The van der Waals surface area contributed by atoms with Gasteiger partial charge in [0.15, 0.2) is 0 Å². The molecular weight excluding hydrogens is 665 g/mol. The Kier molecular flexibility index (Phi) is 10.4. The maximum atomic E-state index is 5.63. The van der Waals surface area contributed by atoms with Crippen molar-refractivity contribution in [1.29, 1.82) is 0 Å². The van der Waals surface area contributed by atoms with Crippen molar-refractivity contribution in [3.05, 3.63) is 152 Å². The lowest BCUT2D eigenvalue weighted by molar-refractivity contribution is -0.0826. The Morgan fingerprint density at radius 2 is 0.700 bits per heavy atom. The van der Waals surface area contributed by atoms with Crippen LogP contribution < -0.4 is 18.9 Å². The van der Waals surface area contributed by atoms with Gasteiger partial charge in [-0.15, -0.1) is 22.7 Å². The van der Waals surface area contributed by atoms with E-state index in [2.05, 4.69) is 118 Å². The van der Waals surface area contributed by atoms with Gasteiger partial charge < -0.3 is 18.9 Å². The summed E-state index contributed by atoms with van der Waals surface area (Å²) in [4.78, 5) is 14.9. The van der Waals surface area contributed by atoms with Crippen LogP contribution in [0.1, 0.15) is 56.4 Å². The van der Waals surface area contributed by atoms with Crippen LogP contribution in [0.2, 0.25) is 0 Å². The summed E-state index contributed by atoms with van der Waals surface area (Å²) in [6, 6.07) is 33.7. The molecule has 0 N–H and O–H groups in total. The molecule has 1 saturated heterocycles. The van der Waals surface area contributed by atoms with Crippen LogP contribution in [-0.4, -0.2) is 48.2 Å². The number of hydrogen-bond donors (Lipinski definition) is 0. The lowest BCUT2D eigenvalue weighted by Crippen LogP contribution is -2.53. The first-order valence-electron chi connectivity index (χ1n) is 16.4. The predicted octanol–water partition coefficient (Wildman–Crippen LogP) is 8.92. The maximum absolute atomic E-state index is 5.63. The molecule has 0 aliphatic carbocycles. The minimum atomic E-state index is -0.0974. The molecule has 6 aromatic rings. The summed E-state index contributed by atoms with van der Waals surface area (Å²) in [5.74, 6) is 3.28. The van der Waals surface area contributed by atoms with Gasteiger partial charge in [0.05, 0.1) is 65.7 Å². The quantitative estimate of drug-likeness (QED) is 0.125. The summed E-state index contributed by atoms with van der Waals surface area (Å²) in [5.41, 5.74) is 4.72. The standard InChI is InChI=1S/C40H40N4O4S2/c1-45-31-13-5-27(6-14-31)37-38(28-7-15-32(46-2)16-8-28)44(26-36-42-22-24-50-36)40(30-11-19-34(48-4)20-12-30)39(29-9-17-33(47-3)18-10-29)43(37)25-35-41-21-23-49-35/h5-24,37-40H,25-26H2,1-4H3. The first kappa shape index (κ1) is 33.7. The monoisotopic (exact) mass is 704 g/mol. The first-order valence-corrected chi connectivity index (χ1v) is 18.2. The maximum Gasteiger partial charge on any atom is 0.118 e.